The van der Waals surface area contributed by atoms with Crippen molar-refractivity contribution in [2.75, 3.05) is 0 Å². The molecule has 1 N–H and O–H groups in total. The predicted molar refractivity (Wildman–Crippen MR) is 99.9 cm³/mol. The van der Waals surface area contributed by atoms with Gasteiger partial charge in [-0.15, -0.1) is 0 Å². The summed E-state index contributed by atoms with van der Waals surface area (Å²) in [5, 5.41) is 8.90. The number of carboxylic acids is 1. The van der Waals surface area contributed by atoms with Crippen molar-refractivity contribution in [2.45, 2.75) is 13.2 Å². The summed E-state index contributed by atoms with van der Waals surface area (Å²) >= 11 is 0. The van der Waals surface area contributed by atoms with Gasteiger partial charge in [0.2, 0.25) is 0 Å². The maximum atomic E-state index is 14.6. The fourth-order valence-electron chi connectivity index (χ4n) is 2.54. The maximum absolute atomic E-state index is 14.6. The molecule has 142 valence electrons. The van der Waals surface area contributed by atoms with Crippen molar-refractivity contribution < 1.29 is 28.6 Å². The fourth-order valence-corrected chi connectivity index (χ4v) is 2.54. The van der Waals surface area contributed by atoms with Gasteiger partial charge in [0.1, 0.15) is 13.2 Å². The number of carboxylic acid groups (broad SMARTS) is 1. The Morgan fingerprint density at radius 1 is 0.821 bits per heavy atom. The Hall–Kier alpha value is -3.67. The topological polar surface area (TPSA) is 72.8 Å². The number of hydrogen-bond donors (Lipinski definition) is 1. The van der Waals surface area contributed by atoms with Crippen LogP contribution in [0.4, 0.5) is 4.39 Å². The van der Waals surface area contributed by atoms with Crippen LogP contribution in [0.25, 0.3) is 0 Å². The summed E-state index contributed by atoms with van der Waals surface area (Å²) in [4.78, 5) is 22.7. The number of hydrogen-bond acceptors (Lipinski definition) is 4. The van der Waals surface area contributed by atoms with Gasteiger partial charge in [0, 0.05) is 5.56 Å². The average molecular weight is 380 g/mol. The van der Waals surface area contributed by atoms with E-state index in [4.69, 9.17) is 14.6 Å². The van der Waals surface area contributed by atoms with Crippen LogP contribution in [0.15, 0.2) is 72.8 Å². The van der Waals surface area contributed by atoms with Crippen LogP contribution in [0.1, 0.15) is 21.5 Å². The van der Waals surface area contributed by atoms with Gasteiger partial charge in [-0.25, -0.2) is 9.18 Å². The molecule has 0 saturated carbocycles. The van der Waals surface area contributed by atoms with Gasteiger partial charge in [0.25, 0.3) is 5.78 Å². The molecule has 0 unspecified atom stereocenters. The largest absolute Gasteiger partial charge is 0.485 e. The van der Waals surface area contributed by atoms with Gasteiger partial charge < -0.3 is 14.6 Å². The molecule has 3 aromatic carbocycles. The third-order valence-electron chi connectivity index (χ3n) is 3.93. The Balaban J connectivity index is 1.89. The first kappa shape index (κ1) is 19.1. The van der Waals surface area contributed by atoms with Crippen molar-refractivity contribution in [1.29, 1.82) is 0 Å². The lowest BCUT2D eigenvalue weighted by molar-refractivity contribution is -0.131. The number of benzene rings is 3. The van der Waals surface area contributed by atoms with Gasteiger partial charge in [-0.3, -0.25) is 4.79 Å². The summed E-state index contributed by atoms with van der Waals surface area (Å²) in [6, 6.07) is 20.3. The highest BCUT2D eigenvalue weighted by Gasteiger charge is 2.21. The third-order valence-corrected chi connectivity index (χ3v) is 3.93. The monoisotopic (exact) mass is 380 g/mol. The molecule has 6 heteroatoms. The van der Waals surface area contributed by atoms with Crippen molar-refractivity contribution in [1.82, 2.24) is 0 Å². The number of carbonyl (C=O) groups is 2. The van der Waals surface area contributed by atoms with E-state index in [1.165, 1.54) is 6.07 Å². The molecule has 0 atom stereocenters. The Morgan fingerprint density at radius 3 is 1.89 bits per heavy atom. The molecule has 0 bridgehead atoms. The maximum Gasteiger partial charge on any atom is 0.377 e. The highest BCUT2D eigenvalue weighted by molar-refractivity contribution is 6.39. The molecule has 3 rings (SSSR count). The second-order valence-electron chi connectivity index (χ2n) is 5.97. The molecule has 0 fully saturated rings. The minimum Gasteiger partial charge on any atom is -0.485 e. The van der Waals surface area contributed by atoms with Crippen LogP contribution in [0.2, 0.25) is 0 Å². The third kappa shape index (κ3) is 4.73. The highest BCUT2D eigenvalue weighted by atomic mass is 19.1. The second-order valence-corrected chi connectivity index (χ2v) is 5.97. The van der Waals surface area contributed by atoms with Crippen LogP contribution < -0.4 is 9.47 Å². The number of halogens is 1. The van der Waals surface area contributed by atoms with Crippen LogP contribution in [-0.4, -0.2) is 16.9 Å². The molecule has 0 aliphatic rings. The average Bonchev–Trinajstić information content (AvgIpc) is 2.72. The Bertz CT molecular complexity index is 971. The van der Waals surface area contributed by atoms with Crippen molar-refractivity contribution in [3.8, 4) is 11.5 Å². The fraction of sp³-hybridized carbons (Fsp3) is 0.0909. The summed E-state index contributed by atoms with van der Waals surface area (Å²) in [7, 11) is 0. The molecule has 0 saturated heterocycles. The standard InChI is InChI=1S/C22H17FO5/c23-18-11-17(20(24)22(25)26)12-19(27-13-15-7-3-1-4-8-15)21(18)28-14-16-9-5-2-6-10-16/h1-12H,13-14H2,(H,25,26). The predicted octanol–water partition coefficient (Wildman–Crippen LogP) is 4.25. The van der Waals surface area contributed by atoms with Crippen LogP contribution in [0, 0.1) is 5.82 Å². The highest BCUT2D eigenvalue weighted by Crippen LogP contribution is 2.33. The van der Waals surface area contributed by atoms with Crippen molar-refractivity contribution >= 4 is 11.8 Å². The molecule has 0 aromatic heterocycles. The Labute approximate surface area is 161 Å². The summed E-state index contributed by atoms with van der Waals surface area (Å²) < 4.78 is 25.8. The summed E-state index contributed by atoms with van der Waals surface area (Å²) in [5.41, 5.74) is 1.33. The van der Waals surface area contributed by atoms with Crippen molar-refractivity contribution in [2.24, 2.45) is 0 Å². The molecule has 0 aliphatic heterocycles. The van der Waals surface area contributed by atoms with Crippen LogP contribution in [-0.2, 0) is 18.0 Å². The van der Waals surface area contributed by atoms with Crippen LogP contribution in [0.5, 0.6) is 11.5 Å². The number of carbonyl (C=O) groups excluding carboxylic acids is 1. The Kier molecular flexibility index (Phi) is 6.01. The van der Waals surface area contributed by atoms with E-state index in [2.05, 4.69) is 0 Å². The quantitative estimate of drug-likeness (QED) is 0.467. The SMILES string of the molecule is O=C(O)C(=O)c1cc(F)c(OCc2ccccc2)c(OCc2ccccc2)c1. The first-order chi connectivity index (χ1) is 13.5. The van der Waals surface area contributed by atoms with Gasteiger partial charge in [-0.2, -0.15) is 0 Å². The van der Waals surface area contributed by atoms with E-state index in [1.54, 1.807) is 0 Å². The second kappa shape index (κ2) is 8.81. The van der Waals surface area contributed by atoms with Gasteiger partial charge in [0.15, 0.2) is 17.3 Å². The molecule has 5 nitrogen and oxygen atoms in total. The van der Waals surface area contributed by atoms with E-state index in [0.29, 0.717) is 0 Å². The van der Waals surface area contributed by atoms with E-state index in [9.17, 15) is 14.0 Å². The minimum atomic E-state index is -1.67. The number of Topliss-reactive ketones (excluding diaryl/α,β-unsaturated/α-hetero) is 1. The van der Waals surface area contributed by atoms with Crippen LogP contribution >= 0.6 is 0 Å². The molecule has 0 amide bonds. The van der Waals surface area contributed by atoms with Crippen molar-refractivity contribution in [3.63, 3.8) is 0 Å². The lowest BCUT2D eigenvalue weighted by atomic mass is 10.1. The molecule has 3 aromatic rings. The first-order valence-electron chi connectivity index (χ1n) is 8.49. The lowest BCUT2D eigenvalue weighted by Crippen LogP contribution is -2.14. The zero-order valence-corrected chi connectivity index (χ0v) is 14.8. The van der Waals surface area contributed by atoms with Crippen molar-refractivity contribution in [3.05, 3.63) is 95.3 Å². The zero-order chi connectivity index (χ0) is 19.9. The molecule has 0 spiro atoms. The molecular formula is C22H17FO5. The first-order valence-corrected chi connectivity index (χ1v) is 8.49. The smallest absolute Gasteiger partial charge is 0.377 e. The molecule has 0 aliphatic carbocycles. The molecular weight excluding hydrogens is 363 g/mol. The summed E-state index contributed by atoms with van der Waals surface area (Å²) in [5.74, 6) is -3.98. The zero-order valence-electron chi connectivity index (χ0n) is 14.8. The van der Waals surface area contributed by atoms with E-state index in [1.807, 2.05) is 60.7 Å². The van der Waals surface area contributed by atoms with E-state index in [0.717, 1.165) is 17.2 Å². The number of rotatable bonds is 8. The van der Waals surface area contributed by atoms with Gasteiger partial charge in [-0.1, -0.05) is 60.7 Å². The summed E-state index contributed by atoms with van der Waals surface area (Å²) in [6.45, 7) is 0.193. The molecule has 0 heterocycles. The minimum absolute atomic E-state index is 0.0376. The summed E-state index contributed by atoms with van der Waals surface area (Å²) in [6.07, 6.45) is 0. The van der Waals surface area contributed by atoms with Crippen LogP contribution in [0.3, 0.4) is 0 Å². The van der Waals surface area contributed by atoms with Gasteiger partial charge >= 0.3 is 5.97 Å². The van der Waals surface area contributed by atoms with E-state index >= 15 is 0 Å². The number of aliphatic carboxylic acids is 1. The number of ketones is 1. The van der Waals surface area contributed by atoms with Gasteiger partial charge in [-0.05, 0) is 23.3 Å². The van der Waals surface area contributed by atoms with E-state index < -0.39 is 17.6 Å². The van der Waals surface area contributed by atoms with Gasteiger partial charge in [0.05, 0.1) is 0 Å². The lowest BCUT2D eigenvalue weighted by Gasteiger charge is -2.15. The molecule has 0 radical (unpaired) electrons. The Morgan fingerprint density at radius 2 is 1.36 bits per heavy atom. The normalized spacial score (nSPS) is 10.3. The molecule has 28 heavy (non-hydrogen) atoms. The van der Waals surface area contributed by atoms with E-state index in [-0.39, 0.29) is 30.3 Å². The number of ether oxygens (including phenoxy) is 2.